The molecular formula is C15H23ClOSi. The molecule has 0 aliphatic carbocycles. The van der Waals surface area contributed by atoms with Gasteiger partial charge in [-0.2, -0.15) is 0 Å². The van der Waals surface area contributed by atoms with E-state index >= 15 is 0 Å². The summed E-state index contributed by atoms with van der Waals surface area (Å²) in [7, 11) is -1.08. The van der Waals surface area contributed by atoms with E-state index in [9.17, 15) is 0 Å². The van der Waals surface area contributed by atoms with Crippen molar-refractivity contribution in [2.45, 2.75) is 40.8 Å². The lowest BCUT2D eigenvalue weighted by Gasteiger charge is -2.27. The van der Waals surface area contributed by atoms with Gasteiger partial charge in [0.15, 0.2) is 0 Å². The molecule has 0 aliphatic heterocycles. The van der Waals surface area contributed by atoms with E-state index in [1.165, 1.54) is 5.57 Å². The van der Waals surface area contributed by atoms with E-state index in [2.05, 4.69) is 46.9 Å². The molecule has 0 unspecified atom stereocenters. The molecule has 0 radical (unpaired) electrons. The van der Waals surface area contributed by atoms with Gasteiger partial charge in [-0.25, -0.2) is 0 Å². The van der Waals surface area contributed by atoms with Crippen LogP contribution < -0.4 is 0 Å². The second-order valence-electron chi connectivity index (χ2n) is 5.86. The molecule has 0 heterocycles. The predicted octanol–water partition coefficient (Wildman–Crippen LogP) is 5.12. The lowest BCUT2D eigenvalue weighted by molar-refractivity contribution is 0.428. The minimum absolute atomic E-state index is 0.0397. The molecule has 3 heteroatoms. The monoisotopic (exact) mass is 282 g/mol. The van der Waals surface area contributed by atoms with Crippen LogP contribution in [-0.4, -0.2) is 9.04 Å². The average Bonchev–Trinajstić information content (AvgIpc) is 2.13. The van der Waals surface area contributed by atoms with E-state index in [0.717, 1.165) is 16.3 Å². The Morgan fingerprint density at radius 3 is 2.28 bits per heavy atom. The summed E-state index contributed by atoms with van der Waals surface area (Å²) in [5.41, 5.74) is 2.44. The van der Waals surface area contributed by atoms with Crippen LogP contribution in [0.1, 0.15) is 33.3 Å². The van der Waals surface area contributed by atoms with Gasteiger partial charge in [-0.3, -0.25) is 0 Å². The van der Waals surface area contributed by atoms with Gasteiger partial charge in [0.2, 0.25) is 9.04 Å². The molecule has 0 saturated carbocycles. The van der Waals surface area contributed by atoms with Crippen molar-refractivity contribution >= 4 is 26.2 Å². The highest BCUT2D eigenvalue weighted by atomic mass is 35.5. The Kier molecular flexibility index (Phi) is 5.06. The second kappa shape index (κ2) is 5.94. The van der Waals surface area contributed by atoms with Gasteiger partial charge in [0.1, 0.15) is 0 Å². The van der Waals surface area contributed by atoms with E-state index in [0.29, 0.717) is 0 Å². The zero-order valence-electron chi connectivity index (χ0n) is 12.2. The molecule has 1 nitrogen and oxygen atoms in total. The van der Waals surface area contributed by atoms with Gasteiger partial charge < -0.3 is 4.43 Å². The van der Waals surface area contributed by atoms with Crippen molar-refractivity contribution in [3.63, 3.8) is 0 Å². The van der Waals surface area contributed by atoms with Crippen molar-refractivity contribution < 1.29 is 4.43 Å². The van der Waals surface area contributed by atoms with E-state index in [1.807, 2.05) is 18.2 Å². The molecule has 0 bridgehead atoms. The highest BCUT2D eigenvalue weighted by Crippen LogP contribution is 2.37. The van der Waals surface area contributed by atoms with Crippen LogP contribution in [-0.2, 0) is 4.43 Å². The van der Waals surface area contributed by atoms with Gasteiger partial charge in [-0.05, 0) is 43.1 Å². The largest absolute Gasteiger partial charge is 0.550 e. The SMILES string of the molecule is CC(O[SiH](C)C)=C(c1cccc(Cl)c1)C(C)(C)C. The first-order chi connectivity index (χ1) is 8.21. The summed E-state index contributed by atoms with van der Waals surface area (Å²) in [5.74, 6) is 1.03. The van der Waals surface area contributed by atoms with E-state index in [4.69, 9.17) is 16.0 Å². The van der Waals surface area contributed by atoms with Gasteiger partial charge in [-0.15, -0.1) is 0 Å². The molecule has 0 saturated heterocycles. The summed E-state index contributed by atoms with van der Waals surface area (Å²) in [5, 5.41) is 0.767. The number of benzene rings is 1. The summed E-state index contributed by atoms with van der Waals surface area (Å²) >= 11 is 6.09. The molecule has 18 heavy (non-hydrogen) atoms. The third-order valence-corrected chi connectivity index (χ3v) is 3.69. The smallest absolute Gasteiger partial charge is 0.229 e. The fraction of sp³-hybridized carbons (Fsp3) is 0.467. The first-order valence-corrected chi connectivity index (χ1v) is 9.51. The second-order valence-corrected chi connectivity index (χ2v) is 8.63. The number of halogens is 1. The molecule has 0 aromatic heterocycles. The first kappa shape index (κ1) is 15.3. The number of allylic oxidation sites excluding steroid dienone is 2. The summed E-state index contributed by atoms with van der Waals surface area (Å²) in [6, 6.07) is 8.00. The number of rotatable bonds is 3. The van der Waals surface area contributed by atoms with Crippen molar-refractivity contribution in [2.24, 2.45) is 5.41 Å². The van der Waals surface area contributed by atoms with Crippen LogP contribution in [0.4, 0.5) is 0 Å². The van der Waals surface area contributed by atoms with Gasteiger partial charge in [0, 0.05) is 10.6 Å². The molecule has 1 aromatic carbocycles. The van der Waals surface area contributed by atoms with Crippen LogP contribution in [0.5, 0.6) is 0 Å². The molecule has 0 fully saturated rings. The highest BCUT2D eigenvalue weighted by Gasteiger charge is 2.22. The van der Waals surface area contributed by atoms with Crippen molar-refractivity contribution in [2.75, 3.05) is 0 Å². The average molecular weight is 283 g/mol. The fourth-order valence-corrected chi connectivity index (χ4v) is 3.24. The van der Waals surface area contributed by atoms with Gasteiger partial charge in [0.25, 0.3) is 0 Å². The van der Waals surface area contributed by atoms with Crippen LogP contribution >= 0.6 is 11.6 Å². The van der Waals surface area contributed by atoms with Crippen molar-refractivity contribution in [1.29, 1.82) is 0 Å². The van der Waals surface area contributed by atoms with Gasteiger partial charge >= 0.3 is 0 Å². The zero-order chi connectivity index (χ0) is 13.9. The van der Waals surface area contributed by atoms with Gasteiger partial charge in [-0.1, -0.05) is 44.5 Å². The van der Waals surface area contributed by atoms with Crippen molar-refractivity contribution in [3.8, 4) is 0 Å². The predicted molar refractivity (Wildman–Crippen MR) is 83.5 cm³/mol. The molecule has 0 amide bonds. The van der Waals surface area contributed by atoms with Crippen LogP contribution in [0.25, 0.3) is 5.57 Å². The normalized spacial score (nSPS) is 13.6. The first-order valence-electron chi connectivity index (χ1n) is 6.35. The maximum absolute atomic E-state index is 6.09. The molecule has 1 aromatic rings. The Hall–Kier alpha value is -0.733. The van der Waals surface area contributed by atoms with Crippen LogP contribution in [0.3, 0.4) is 0 Å². The Morgan fingerprint density at radius 1 is 1.22 bits per heavy atom. The van der Waals surface area contributed by atoms with Crippen LogP contribution in [0, 0.1) is 5.41 Å². The Morgan fingerprint density at radius 2 is 1.83 bits per heavy atom. The Balaban J connectivity index is 3.31. The summed E-state index contributed by atoms with van der Waals surface area (Å²) < 4.78 is 6.01. The highest BCUT2D eigenvalue weighted by molar-refractivity contribution is 6.48. The maximum Gasteiger partial charge on any atom is 0.229 e. The van der Waals surface area contributed by atoms with Crippen molar-refractivity contribution in [1.82, 2.24) is 0 Å². The standard InChI is InChI=1S/C15H23ClOSi/c1-11(17-18(5)6)14(15(2,3)4)12-8-7-9-13(16)10-12/h7-10,18H,1-6H3. The molecule has 0 aliphatic rings. The number of hydrogen-bond acceptors (Lipinski definition) is 1. The lowest BCUT2D eigenvalue weighted by Crippen LogP contribution is -2.15. The maximum atomic E-state index is 6.09. The Labute approximate surface area is 118 Å². The molecule has 0 atom stereocenters. The third kappa shape index (κ3) is 4.18. The van der Waals surface area contributed by atoms with E-state index in [1.54, 1.807) is 0 Å². The fourth-order valence-electron chi connectivity index (χ4n) is 2.22. The quantitative estimate of drug-likeness (QED) is 0.552. The lowest BCUT2D eigenvalue weighted by atomic mass is 9.81. The van der Waals surface area contributed by atoms with Crippen molar-refractivity contribution in [3.05, 3.63) is 40.6 Å². The topological polar surface area (TPSA) is 9.23 Å². The summed E-state index contributed by atoms with van der Waals surface area (Å²) in [6.07, 6.45) is 0. The molecule has 1 rings (SSSR count). The molecule has 0 spiro atoms. The molecule has 0 N–H and O–H groups in total. The van der Waals surface area contributed by atoms with Crippen LogP contribution in [0.2, 0.25) is 18.1 Å². The minimum Gasteiger partial charge on any atom is -0.550 e. The minimum atomic E-state index is -1.08. The van der Waals surface area contributed by atoms with Gasteiger partial charge in [0.05, 0.1) is 5.76 Å². The Bertz CT molecular complexity index is 444. The third-order valence-electron chi connectivity index (χ3n) is 2.63. The summed E-state index contributed by atoms with van der Waals surface area (Å²) in [4.78, 5) is 0. The van der Waals surface area contributed by atoms with Crippen LogP contribution in [0.15, 0.2) is 30.0 Å². The van der Waals surface area contributed by atoms with E-state index in [-0.39, 0.29) is 5.41 Å². The summed E-state index contributed by atoms with van der Waals surface area (Å²) in [6.45, 7) is 13.0. The van der Waals surface area contributed by atoms with E-state index < -0.39 is 9.04 Å². The number of hydrogen-bond donors (Lipinski definition) is 0. The molecule has 100 valence electrons. The molecular weight excluding hydrogens is 260 g/mol. The zero-order valence-corrected chi connectivity index (χ0v) is 14.1.